The number of hydrogen-bond donors (Lipinski definition) is 3. The van der Waals surface area contributed by atoms with Crippen LogP contribution in [0.15, 0.2) is 118 Å². The highest BCUT2D eigenvalue weighted by molar-refractivity contribution is 9.10. The van der Waals surface area contributed by atoms with Crippen molar-refractivity contribution in [1.29, 1.82) is 0 Å². The van der Waals surface area contributed by atoms with Gasteiger partial charge in [-0.3, -0.25) is 14.4 Å². The van der Waals surface area contributed by atoms with Gasteiger partial charge in [0, 0.05) is 31.3 Å². The zero-order chi connectivity index (χ0) is 27.6. The van der Waals surface area contributed by atoms with E-state index in [0.717, 1.165) is 14.9 Å². The summed E-state index contributed by atoms with van der Waals surface area (Å²) >= 11 is 10.7. The molecule has 4 aromatic carbocycles. The molecule has 0 unspecified atom stereocenters. The molecule has 0 aromatic heterocycles. The lowest BCUT2D eigenvalue weighted by Gasteiger charge is -2.12. The van der Waals surface area contributed by atoms with Crippen molar-refractivity contribution in [3.05, 3.63) is 129 Å². The van der Waals surface area contributed by atoms with E-state index in [1.54, 1.807) is 66.7 Å². The molecule has 0 saturated carbocycles. The van der Waals surface area contributed by atoms with Crippen LogP contribution in [0.4, 0.5) is 11.4 Å². The summed E-state index contributed by atoms with van der Waals surface area (Å²) in [5, 5.41) is 8.98. The van der Waals surface area contributed by atoms with E-state index >= 15 is 0 Å². The maximum atomic E-state index is 13.2. The van der Waals surface area contributed by atoms with E-state index in [2.05, 4.69) is 31.9 Å². The second kappa shape index (κ2) is 13.8. The molecule has 9 heteroatoms. The summed E-state index contributed by atoms with van der Waals surface area (Å²) < 4.78 is 0.848. The van der Waals surface area contributed by atoms with Crippen molar-refractivity contribution in [3.63, 3.8) is 0 Å². The van der Waals surface area contributed by atoms with Gasteiger partial charge in [-0.1, -0.05) is 57.9 Å². The van der Waals surface area contributed by atoms with E-state index < -0.39 is 11.8 Å². The molecule has 0 heterocycles. The third kappa shape index (κ3) is 8.85. The van der Waals surface area contributed by atoms with Crippen LogP contribution in [0.3, 0.4) is 0 Å². The van der Waals surface area contributed by atoms with Crippen molar-refractivity contribution in [1.82, 2.24) is 5.32 Å². The normalized spacial score (nSPS) is 11.0. The Bertz CT molecular complexity index is 1490. The lowest BCUT2D eigenvalue weighted by Crippen LogP contribution is -2.30. The first-order chi connectivity index (χ1) is 18.9. The molecule has 6 nitrogen and oxygen atoms in total. The molecule has 0 aliphatic carbocycles. The maximum absolute atomic E-state index is 13.2. The van der Waals surface area contributed by atoms with Crippen LogP contribution in [0.2, 0.25) is 5.02 Å². The summed E-state index contributed by atoms with van der Waals surface area (Å²) in [4.78, 5) is 39.1. The van der Waals surface area contributed by atoms with Gasteiger partial charge in [0.2, 0.25) is 5.91 Å². The molecule has 4 aromatic rings. The van der Waals surface area contributed by atoms with Crippen molar-refractivity contribution in [2.24, 2.45) is 0 Å². The number of halogens is 2. The van der Waals surface area contributed by atoms with E-state index in [0.29, 0.717) is 22.0 Å². The van der Waals surface area contributed by atoms with Crippen LogP contribution in [0.1, 0.15) is 15.9 Å². The third-order valence-corrected chi connectivity index (χ3v) is 7.06. The molecular weight excluding hydrogens is 598 g/mol. The number of carbonyl (C=O) groups excluding carboxylic acids is 3. The van der Waals surface area contributed by atoms with Gasteiger partial charge in [0.1, 0.15) is 5.70 Å². The molecule has 0 spiro atoms. The molecule has 0 aliphatic heterocycles. The van der Waals surface area contributed by atoms with Crippen LogP contribution in [0, 0.1) is 0 Å². The van der Waals surface area contributed by atoms with Gasteiger partial charge in [-0.2, -0.15) is 0 Å². The summed E-state index contributed by atoms with van der Waals surface area (Å²) in [6.45, 7) is 0. The Kier molecular flexibility index (Phi) is 9.97. The summed E-state index contributed by atoms with van der Waals surface area (Å²) in [6.07, 6.45) is 1.62. The van der Waals surface area contributed by atoms with Crippen LogP contribution in [-0.2, 0) is 9.59 Å². The van der Waals surface area contributed by atoms with Crippen LogP contribution >= 0.6 is 39.3 Å². The molecule has 3 amide bonds. The Hall–Kier alpha value is -3.85. The quantitative estimate of drug-likeness (QED) is 0.136. The van der Waals surface area contributed by atoms with Crippen LogP contribution < -0.4 is 16.0 Å². The third-order valence-electron chi connectivity index (χ3n) is 5.30. The van der Waals surface area contributed by atoms with Crippen molar-refractivity contribution >= 4 is 74.5 Å². The topological polar surface area (TPSA) is 87.3 Å². The van der Waals surface area contributed by atoms with Crippen molar-refractivity contribution in [2.75, 3.05) is 16.4 Å². The van der Waals surface area contributed by atoms with Gasteiger partial charge in [-0.15, -0.1) is 11.8 Å². The number of benzene rings is 4. The molecule has 196 valence electrons. The maximum Gasteiger partial charge on any atom is 0.272 e. The van der Waals surface area contributed by atoms with Crippen LogP contribution in [0.25, 0.3) is 6.08 Å². The Morgan fingerprint density at radius 1 is 0.795 bits per heavy atom. The fraction of sp³-hybridized carbons (Fsp3) is 0.0333. The number of rotatable bonds is 9. The van der Waals surface area contributed by atoms with Gasteiger partial charge in [0.15, 0.2) is 0 Å². The Morgan fingerprint density at radius 3 is 2.15 bits per heavy atom. The summed E-state index contributed by atoms with van der Waals surface area (Å²) in [5.74, 6) is -0.784. The highest BCUT2D eigenvalue weighted by Crippen LogP contribution is 2.22. The number of nitrogens with one attached hydrogen (secondary N) is 3. The molecule has 0 fully saturated rings. The fourth-order valence-corrected chi connectivity index (χ4v) is 4.66. The molecule has 0 aliphatic rings. The van der Waals surface area contributed by atoms with E-state index in [1.165, 1.54) is 11.8 Å². The SMILES string of the molecule is O=C(CSc1ccc(NC(=O)/C(=C/c2cccc(Br)c2)NC(=O)c2ccccc2)cc1)Nc1ccc(Cl)cc1. The van der Waals surface area contributed by atoms with Crippen LogP contribution in [0.5, 0.6) is 0 Å². The van der Waals surface area contributed by atoms with Crippen molar-refractivity contribution < 1.29 is 14.4 Å². The molecule has 0 bridgehead atoms. The Balaban J connectivity index is 1.40. The lowest BCUT2D eigenvalue weighted by atomic mass is 10.1. The zero-order valence-corrected chi connectivity index (χ0v) is 23.6. The molecule has 3 N–H and O–H groups in total. The fourth-order valence-electron chi connectivity index (χ4n) is 3.42. The van der Waals surface area contributed by atoms with E-state index in [9.17, 15) is 14.4 Å². The second-order valence-electron chi connectivity index (χ2n) is 8.26. The smallest absolute Gasteiger partial charge is 0.272 e. The number of hydrogen-bond acceptors (Lipinski definition) is 4. The zero-order valence-electron chi connectivity index (χ0n) is 20.5. The van der Waals surface area contributed by atoms with Crippen molar-refractivity contribution in [2.45, 2.75) is 4.90 Å². The molecule has 0 saturated heterocycles. The van der Waals surface area contributed by atoms with Crippen molar-refractivity contribution in [3.8, 4) is 0 Å². The standard InChI is InChI=1S/C30H23BrClN3O3S/c31-22-8-4-5-20(17-22)18-27(35-29(37)21-6-2-1-3-7-21)30(38)34-25-13-15-26(16-14-25)39-19-28(36)33-24-11-9-23(32)10-12-24/h1-18H,19H2,(H,33,36)(H,34,38)(H,35,37)/b27-18-. The average Bonchev–Trinajstić information content (AvgIpc) is 2.94. The predicted octanol–water partition coefficient (Wildman–Crippen LogP) is 7.24. The first-order valence-electron chi connectivity index (χ1n) is 11.8. The summed E-state index contributed by atoms with van der Waals surface area (Å²) in [5.41, 5.74) is 2.50. The molecule has 4 rings (SSSR count). The molecule has 39 heavy (non-hydrogen) atoms. The number of thioether (sulfide) groups is 1. The van der Waals surface area contributed by atoms with Gasteiger partial charge in [0.25, 0.3) is 11.8 Å². The number of carbonyl (C=O) groups is 3. The Labute approximate surface area is 244 Å². The van der Waals surface area contributed by atoms with Gasteiger partial charge in [0.05, 0.1) is 5.75 Å². The first kappa shape index (κ1) is 28.2. The predicted molar refractivity (Wildman–Crippen MR) is 162 cm³/mol. The molecule has 0 atom stereocenters. The Morgan fingerprint density at radius 2 is 1.46 bits per heavy atom. The molecule has 0 radical (unpaired) electrons. The minimum atomic E-state index is -0.470. The van der Waals surface area contributed by atoms with Gasteiger partial charge in [-0.25, -0.2) is 0 Å². The number of amides is 3. The minimum absolute atomic E-state index is 0.0966. The number of anilines is 2. The summed E-state index contributed by atoms with van der Waals surface area (Å²) in [7, 11) is 0. The monoisotopic (exact) mass is 619 g/mol. The van der Waals surface area contributed by atoms with Gasteiger partial charge >= 0.3 is 0 Å². The summed E-state index contributed by atoms with van der Waals surface area (Å²) in [6, 6.07) is 30.1. The highest BCUT2D eigenvalue weighted by Gasteiger charge is 2.15. The first-order valence-corrected chi connectivity index (χ1v) is 13.9. The van der Waals surface area contributed by atoms with E-state index in [-0.39, 0.29) is 17.4 Å². The van der Waals surface area contributed by atoms with Gasteiger partial charge in [-0.05, 0) is 84.4 Å². The van der Waals surface area contributed by atoms with E-state index in [1.807, 2.05) is 42.5 Å². The average molecular weight is 621 g/mol. The molecular formula is C30H23BrClN3O3S. The minimum Gasteiger partial charge on any atom is -0.325 e. The van der Waals surface area contributed by atoms with Crippen LogP contribution in [-0.4, -0.2) is 23.5 Å². The van der Waals surface area contributed by atoms with Gasteiger partial charge < -0.3 is 16.0 Å². The van der Waals surface area contributed by atoms with E-state index in [4.69, 9.17) is 11.6 Å². The highest BCUT2D eigenvalue weighted by atomic mass is 79.9. The lowest BCUT2D eigenvalue weighted by molar-refractivity contribution is -0.114. The largest absolute Gasteiger partial charge is 0.325 e. The second-order valence-corrected chi connectivity index (χ2v) is 10.7.